The molecule has 0 aliphatic heterocycles. The molecule has 1 amide bonds. The number of amides is 1. The first-order chi connectivity index (χ1) is 3.42. The molecule has 50 valence electrons. The molecule has 0 aromatic heterocycles. The van der Waals surface area contributed by atoms with E-state index in [4.69, 9.17) is 0 Å². The quantitative estimate of drug-likeness (QED) is 0.418. The third kappa shape index (κ3) is 12.3. The molecule has 0 saturated carbocycles. The summed E-state index contributed by atoms with van der Waals surface area (Å²) in [6, 6.07) is 0. The minimum atomic E-state index is -3.32. The molecule has 0 radical (unpaired) electrons. The van der Waals surface area contributed by atoms with Crippen molar-refractivity contribution in [2.75, 3.05) is 6.26 Å². The van der Waals surface area contributed by atoms with Gasteiger partial charge in [0.05, 0.1) is 6.26 Å². The third-order valence-electron chi connectivity index (χ3n) is 0.329. The van der Waals surface area contributed by atoms with E-state index in [1.165, 1.54) is 0 Å². The van der Waals surface area contributed by atoms with Crippen molar-refractivity contribution < 1.29 is 66.0 Å². The summed E-state index contributed by atoms with van der Waals surface area (Å²) < 4.78 is 21.9. The first-order valence-corrected chi connectivity index (χ1v) is 3.79. The summed E-state index contributed by atoms with van der Waals surface area (Å²) in [4.78, 5) is 9.97. The van der Waals surface area contributed by atoms with Crippen LogP contribution in [0, 0.1) is 0 Å². The van der Waals surface area contributed by atoms with Gasteiger partial charge in [0.1, 0.15) is 0 Å². The number of hydrogen-bond acceptors (Lipinski definition) is 3. The Hall–Kier alpha value is 1.06. The summed E-state index contributed by atoms with van der Waals surface area (Å²) in [5, 5.41) is 0. The Morgan fingerprint density at radius 2 is 1.89 bits per heavy atom. The molecule has 6 heteroatoms. The van der Waals surface area contributed by atoms with Crippen LogP contribution in [-0.4, -0.2) is 20.6 Å². The van der Waals surface area contributed by atoms with Gasteiger partial charge in [0, 0.05) is 6.92 Å². The number of nitrogens with one attached hydrogen (secondary N) is 1. The largest absolute Gasteiger partial charge is 1.00 e. The predicted octanol–water partition coefficient (Wildman–Crippen LogP) is -3.80. The van der Waals surface area contributed by atoms with E-state index in [0.717, 1.165) is 13.2 Å². The zero-order valence-corrected chi connectivity index (χ0v) is 9.57. The number of rotatable bonds is 1. The van der Waals surface area contributed by atoms with Crippen LogP contribution in [0.1, 0.15) is 8.35 Å². The number of sulfonamides is 1. The summed E-state index contributed by atoms with van der Waals surface area (Å²) in [5.41, 5.74) is 0. The SMILES string of the molecule is CC(=O)NS(C)(=O)=O.[H-].[K+]. The van der Waals surface area contributed by atoms with Gasteiger partial charge in [-0.05, 0) is 0 Å². The predicted molar refractivity (Wildman–Crippen MR) is 29.8 cm³/mol. The molecule has 1 N–H and O–H groups in total. The Bertz CT molecular complexity index is 190. The van der Waals surface area contributed by atoms with Gasteiger partial charge in [0.25, 0.3) is 0 Å². The number of carbonyl (C=O) groups is 1. The molecule has 0 atom stereocenters. The fourth-order valence-electron chi connectivity index (χ4n) is 0.261. The van der Waals surface area contributed by atoms with E-state index in [1.807, 2.05) is 0 Å². The average Bonchev–Trinajstić information content (AvgIpc) is 1.21. The summed E-state index contributed by atoms with van der Waals surface area (Å²) in [5.74, 6) is -0.562. The van der Waals surface area contributed by atoms with E-state index in [0.29, 0.717) is 0 Å². The molecule has 0 aliphatic carbocycles. The van der Waals surface area contributed by atoms with E-state index in [9.17, 15) is 13.2 Å². The van der Waals surface area contributed by atoms with Gasteiger partial charge in [-0.3, -0.25) is 9.52 Å². The maximum atomic E-state index is 10.1. The molecule has 0 heterocycles. The van der Waals surface area contributed by atoms with Crippen LogP contribution in [-0.2, 0) is 14.8 Å². The van der Waals surface area contributed by atoms with Gasteiger partial charge in [-0.2, -0.15) is 0 Å². The fraction of sp³-hybridized carbons (Fsp3) is 0.667. The Labute approximate surface area is 98.3 Å². The molecule has 0 fully saturated rings. The van der Waals surface area contributed by atoms with Gasteiger partial charge in [-0.25, -0.2) is 8.42 Å². The van der Waals surface area contributed by atoms with Crippen molar-refractivity contribution in [2.24, 2.45) is 0 Å². The van der Waals surface area contributed by atoms with Crippen LogP contribution < -0.4 is 56.1 Å². The van der Waals surface area contributed by atoms with E-state index < -0.39 is 15.9 Å². The standard InChI is InChI=1S/C3H7NO3S.K.H/c1-3(5)4-8(2,6)7;;/h1-2H3,(H,4,5);;/q;+1;-1. The van der Waals surface area contributed by atoms with Crippen molar-refractivity contribution in [1.29, 1.82) is 0 Å². The van der Waals surface area contributed by atoms with Crippen LogP contribution >= 0.6 is 0 Å². The number of hydrogen-bond donors (Lipinski definition) is 1. The molecule has 0 spiro atoms. The molecule has 0 aromatic rings. The van der Waals surface area contributed by atoms with Crippen LogP contribution in [0.15, 0.2) is 0 Å². The molecular weight excluding hydrogens is 169 g/mol. The second kappa shape index (κ2) is 4.81. The zero-order chi connectivity index (χ0) is 6.78. The van der Waals surface area contributed by atoms with E-state index in [1.54, 1.807) is 4.72 Å². The summed E-state index contributed by atoms with van der Waals surface area (Å²) in [6.45, 7) is 1.14. The summed E-state index contributed by atoms with van der Waals surface area (Å²) in [6.07, 6.45) is 0.925. The molecule has 0 bridgehead atoms. The van der Waals surface area contributed by atoms with E-state index in [2.05, 4.69) is 0 Å². The summed E-state index contributed by atoms with van der Waals surface area (Å²) in [7, 11) is -3.32. The Morgan fingerprint density at radius 1 is 1.56 bits per heavy atom. The van der Waals surface area contributed by atoms with Gasteiger partial charge in [0.15, 0.2) is 0 Å². The normalized spacial score (nSPS) is 9.56. The van der Waals surface area contributed by atoms with Crippen LogP contribution in [0.4, 0.5) is 0 Å². The molecular formula is C3H8KNO3S. The molecule has 0 unspecified atom stereocenters. The van der Waals surface area contributed by atoms with Crippen LogP contribution in [0.3, 0.4) is 0 Å². The van der Waals surface area contributed by atoms with Gasteiger partial charge in [0.2, 0.25) is 15.9 Å². The average molecular weight is 177 g/mol. The Kier molecular flexibility index (Phi) is 6.79. The fourth-order valence-corrected chi connectivity index (χ4v) is 0.783. The smallest absolute Gasteiger partial charge is 1.00 e. The zero-order valence-electron chi connectivity index (χ0n) is 6.63. The van der Waals surface area contributed by atoms with Gasteiger partial charge in [-0.1, -0.05) is 0 Å². The monoisotopic (exact) mass is 177 g/mol. The first kappa shape index (κ1) is 12.7. The van der Waals surface area contributed by atoms with Crippen molar-refractivity contribution in [2.45, 2.75) is 6.92 Å². The Morgan fingerprint density at radius 3 is 1.89 bits per heavy atom. The summed E-state index contributed by atoms with van der Waals surface area (Å²) >= 11 is 0. The maximum absolute atomic E-state index is 10.1. The van der Waals surface area contributed by atoms with Gasteiger partial charge in [-0.15, -0.1) is 0 Å². The van der Waals surface area contributed by atoms with Crippen LogP contribution in [0.25, 0.3) is 0 Å². The van der Waals surface area contributed by atoms with Crippen LogP contribution in [0.5, 0.6) is 0 Å². The molecule has 4 nitrogen and oxygen atoms in total. The third-order valence-corrected chi connectivity index (χ3v) is 0.987. The van der Waals surface area contributed by atoms with Crippen LogP contribution in [0.2, 0.25) is 0 Å². The Balaban J connectivity index is -0.000000245. The van der Waals surface area contributed by atoms with E-state index in [-0.39, 0.29) is 52.8 Å². The topological polar surface area (TPSA) is 63.2 Å². The second-order valence-electron chi connectivity index (χ2n) is 1.43. The van der Waals surface area contributed by atoms with Gasteiger partial charge < -0.3 is 1.43 Å². The molecule has 0 aliphatic rings. The van der Waals surface area contributed by atoms with Crippen molar-refractivity contribution >= 4 is 15.9 Å². The van der Waals surface area contributed by atoms with Crippen molar-refractivity contribution in [3.63, 3.8) is 0 Å². The minimum Gasteiger partial charge on any atom is -1.00 e. The first-order valence-electron chi connectivity index (χ1n) is 1.90. The molecule has 0 aromatic carbocycles. The molecule has 9 heavy (non-hydrogen) atoms. The van der Waals surface area contributed by atoms with Crippen molar-refractivity contribution in [1.82, 2.24) is 4.72 Å². The minimum absolute atomic E-state index is 0. The maximum Gasteiger partial charge on any atom is 1.00 e. The molecule has 0 rings (SSSR count). The number of carbonyl (C=O) groups excluding carboxylic acids is 1. The van der Waals surface area contributed by atoms with E-state index >= 15 is 0 Å². The molecule has 0 saturated heterocycles. The second-order valence-corrected chi connectivity index (χ2v) is 3.18. The van der Waals surface area contributed by atoms with Gasteiger partial charge >= 0.3 is 51.4 Å². The van der Waals surface area contributed by atoms with Crippen molar-refractivity contribution in [3.05, 3.63) is 0 Å². The van der Waals surface area contributed by atoms with Crippen molar-refractivity contribution in [3.8, 4) is 0 Å².